The maximum Gasteiger partial charge on any atom is 0.347 e. The van der Waals surface area contributed by atoms with E-state index in [4.69, 9.17) is 9.47 Å². The lowest BCUT2D eigenvalue weighted by atomic mass is 9.86. The lowest BCUT2D eigenvalue weighted by Crippen LogP contribution is -2.47. The lowest BCUT2D eigenvalue weighted by molar-refractivity contribution is -0.710. The van der Waals surface area contributed by atoms with Crippen molar-refractivity contribution in [2.45, 2.75) is 59.6 Å². The number of carbonyl (C=O) groups is 1. The normalized spacial score (nSPS) is 11.6. The lowest BCUT2D eigenvalue weighted by Gasteiger charge is -2.33. The van der Waals surface area contributed by atoms with Gasteiger partial charge < -0.3 is 9.47 Å². The Morgan fingerprint density at radius 1 is 0.853 bits per heavy atom. The van der Waals surface area contributed by atoms with Gasteiger partial charge in [-0.05, 0) is 29.5 Å². The number of benzene rings is 2. The molecule has 0 atom stereocenters. The van der Waals surface area contributed by atoms with Gasteiger partial charge in [-0.25, -0.2) is 4.79 Å². The molecule has 1 aromatic heterocycles. The molecule has 3 rings (SSSR count). The summed E-state index contributed by atoms with van der Waals surface area (Å²) in [6, 6.07) is 23.8. The molecule has 0 fully saturated rings. The van der Waals surface area contributed by atoms with Gasteiger partial charge in [0.2, 0.25) is 5.60 Å². The molecular formula is C30H38NO3+. The first kappa shape index (κ1) is 25.6. The van der Waals surface area contributed by atoms with E-state index in [9.17, 15) is 4.79 Å². The minimum atomic E-state index is -1.33. The standard InChI is InChI=1S/C30H38NO3/c1-6-26(7-2)22-33-29(32)30(27-14-10-8-11-15-27,28-16-12-9-13-17-28)34-19-18-31-24(4)20-23(3)21-25(31)5/h8-17,20-21,26H,6-7,18-19,22H2,1-5H3/q+1. The molecule has 4 nitrogen and oxygen atoms in total. The van der Waals surface area contributed by atoms with E-state index in [1.807, 2.05) is 60.7 Å². The second kappa shape index (κ2) is 11.9. The van der Waals surface area contributed by atoms with Crippen LogP contribution in [0.15, 0.2) is 72.8 Å². The molecular weight excluding hydrogens is 422 g/mol. The first-order valence-electron chi connectivity index (χ1n) is 12.3. The predicted octanol–water partition coefficient (Wildman–Crippen LogP) is 5.84. The van der Waals surface area contributed by atoms with Gasteiger partial charge in [0, 0.05) is 26.0 Å². The molecule has 180 valence electrons. The van der Waals surface area contributed by atoms with Crippen molar-refractivity contribution in [3.8, 4) is 0 Å². The molecule has 0 N–H and O–H groups in total. The van der Waals surface area contributed by atoms with Gasteiger partial charge in [-0.2, -0.15) is 4.57 Å². The zero-order valence-corrected chi connectivity index (χ0v) is 21.2. The van der Waals surface area contributed by atoms with Crippen molar-refractivity contribution in [2.24, 2.45) is 5.92 Å². The van der Waals surface area contributed by atoms with E-state index in [0.717, 1.165) is 24.0 Å². The highest BCUT2D eigenvalue weighted by Gasteiger charge is 2.45. The van der Waals surface area contributed by atoms with Gasteiger partial charge in [-0.15, -0.1) is 0 Å². The number of aryl methyl sites for hydroxylation is 3. The number of nitrogens with zero attached hydrogens (tertiary/aromatic N) is 1. The first-order valence-corrected chi connectivity index (χ1v) is 12.3. The van der Waals surface area contributed by atoms with E-state index in [2.05, 4.69) is 51.3 Å². The first-order chi connectivity index (χ1) is 16.4. The van der Waals surface area contributed by atoms with Crippen molar-refractivity contribution >= 4 is 5.97 Å². The monoisotopic (exact) mass is 460 g/mol. The molecule has 0 saturated carbocycles. The quantitative estimate of drug-likeness (QED) is 0.267. The van der Waals surface area contributed by atoms with Crippen LogP contribution in [0.25, 0.3) is 0 Å². The Hall–Kier alpha value is -2.98. The number of pyridine rings is 1. The Labute approximate surface area is 204 Å². The minimum absolute atomic E-state index is 0.335. The van der Waals surface area contributed by atoms with Crippen LogP contribution in [-0.2, 0) is 26.4 Å². The topological polar surface area (TPSA) is 39.4 Å². The maximum atomic E-state index is 13.9. The van der Waals surface area contributed by atoms with Crippen LogP contribution in [0, 0.1) is 26.7 Å². The summed E-state index contributed by atoms with van der Waals surface area (Å²) in [5.41, 5.74) is 3.79. The molecule has 2 aromatic carbocycles. The average Bonchev–Trinajstić information content (AvgIpc) is 2.85. The highest BCUT2D eigenvalue weighted by atomic mass is 16.6. The highest BCUT2D eigenvalue weighted by Crippen LogP contribution is 2.35. The van der Waals surface area contributed by atoms with Crippen LogP contribution < -0.4 is 4.57 Å². The number of ether oxygens (including phenoxy) is 2. The number of aromatic nitrogens is 1. The van der Waals surface area contributed by atoms with E-state index < -0.39 is 5.60 Å². The summed E-state index contributed by atoms with van der Waals surface area (Å²) in [5.74, 6) is -0.0271. The zero-order valence-electron chi connectivity index (χ0n) is 21.2. The van der Waals surface area contributed by atoms with Crippen LogP contribution >= 0.6 is 0 Å². The third kappa shape index (κ3) is 5.74. The summed E-state index contributed by atoms with van der Waals surface area (Å²) in [6.07, 6.45) is 1.94. The van der Waals surface area contributed by atoms with E-state index in [-0.39, 0.29) is 5.97 Å². The Morgan fingerprint density at radius 3 is 1.82 bits per heavy atom. The number of hydrogen-bond donors (Lipinski definition) is 0. The Balaban J connectivity index is 1.99. The third-order valence-corrected chi connectivity index (χ3v) is 6.61. The van der Waals surface area contributed by atoms with Gasteiger partial charge in [0.1, 0.15) is 6.61 Å². The van der Waals surface area contributed by atoms with Crippen molar-refractivity contribution in [3.63, 3.8) is 0 Å². The molecule has 3 aromatic rings. The van der Waals surface area contributed by atoms with Gasteiger partial charge >= 0.3 is 5.97 Å². The summed E-state index contributed by atoms with van der Waals surface area (Å²) in [7, 11) is 0. The van der Waals surface area contributed by atoms with Crippen molar-refractivity contribution in [1.82, 2.24) is 0 Å². The molecule has 1 heterocycles. The third-order valence-electron chi connectivity index (χ3n) is 6.61. The Morgan fingerprint density at radius 2 is 1.35 bits per heavy atom. The van der Waals surface area contributed by atoms with Crippen LogP contribution in [0.5, 0.6) is 0 Å². The Kier molecular flexibility index (Phi) is 9.00. The molecule has 0 saturated heterocycles. The molecule has 34 heavy (non-hydrogen) atoms. The summed E-state index contributed by atoms with van der Waals surface area (Å²) in [4.78, 5) is 13.9. The van der Waals surface area contributed by atoms with Crippen LogP contribution in [0.3, 0.4) is 0 Å². The fourth-order valence-electron chi connectivity index (χ4n) is 4.57. The molecule has 0 radical (unpaired) electrons. The van der Waals surface area contributed by atoms with E-state index in [1.165, 1.54) is 17.0 Å². The van der Waals surface area contributed by atoms with Gasteiger partial charge in [-0.3, -0.25) is 0 Å². The maximum absolute atomic E-state index is 13.9. The molecule has 0 bridgehead atoms. The van der Waals surface area contributed by atoms with E-state index in [1.54, 1.807) is 0 Å². The fourth-order valence-corrected chi connectivity index (χ4v) is 4.57. The van der Waals surface area contributed by atoms with Crippen LogP contribution in [-0.4, -0.2) is 19.2 Å². The predicted molar refractivity (Wildman–Crippen MR) is 135 cm³/mol. The SMILES string of the molecule is CCC(CC)COC(=O)C(OCC[n+]1c(C)cc(C)cc1C)(c1ccccc1)c1ccccc1. The number of rotatable bonds is 11. The molecule has 0 aliphatic carbocycles. The van der Waals surface area contributed by atoms with Crippen LogP contribution in [0.4, 0.5) is 0 Å². The summed E-state index contributed by atoms with van der Waals surface area (Å²) in [6.45, 7) is 12.0. The van der Waals surface area contributed by atoms with Crippen molar-refractivity contribution < 1.29 is 18.8 Å². The van der Waals surface area contributed by atoms with E-state index in [0.29, 0.717) is 25.7 Å². The number of carbonyl (C=O) groups excluding carboxylic acids is 1. The minimum Gasteiger partial charge on any atom is -0.463 e. The molecule has 0 unspecified atom stereocenters. The summed E-state index contributed by atoms with van der Waals surface area (Å²) in [5, 5.41) is 0. The Bertz CT molecular complexity index is 996. The van der Waals surface area contributed by atoms with Gasteiger partial charge in [0.25, 0.3) is 0 Å². The zero-order chi connectivity index (χ0) is 24.6. The second-order valence-corrected chi connectivity index (χ2v) is 9.01. The molecule has 0 amide bonds. The van der Waals surface area contributed by atoms with Crippen LogP contribution in [0.1, 0.15) is 54.8 Å². The summed E-state index contributed by atoms with van der Waals surface area (Å²) < 4.78 is 14.8. The molecule has 0 aliphatic rings. The van der Waals surface area contributed by atoms with Crippen LogP contribution in [0.2, 0.25) is 0 Å². The molecule has 0 aliphatic heterocycles. The second-order valence-electron chi connectivity index (χ2n) is 9.01. The fraction of sp³-hybridized carbons (Fsp3) is 0.400. The largest absolute Gasteiger partial charge is 0.463 e. The number of hydrogen-bond acceptors (Lipinski definition) is 3. The van der Waals surface area contributed by atoms with E-state index >= 15 is 0 Å². The highest BCUT2D eigenvalue weighted by molar-refractivity contribution is 5.85. The van der Waals surface area contributed by atoms with Gasteiger partial charge in [0.15, 0.2) is 17.9 Å². The van der Waals surface area contributed by atoms with Gasteiger partial charge in [-0.1, -0.05) is 87.4 Å². The van der Waals surface area contributed by atoms with Gasteiger partial charge in [0.05, 0.1) is 6.61 Å². The van der Waals surface area contributed by atoms with Crippen molar-refractivity contribution in [2.75, 3.05) is 13.2 Å². The smallest absolute Gasteiger partial charge is 0.347 e. The number of esters is 1. The molecule has 0 spiro atoms. The summed E-state index contributed by atoms with van der Waals surface area (Å²) >= 11 is 0. The van der Waals surface area contributed by atoms with Crippen molar-refractivity contribution in [1.29, 1.82) is 0 Å². The average molecular weight is 461 g/mol. The molecule has 4 heteroatoms. The van der Waals surface area contributed by atoms with Crippen molar-refractivity contribution in [3.05, 3.63) is 101 Å².